The van der Waals surface area contributed by atoms with Gasteiger partial charge in [0.1, 0.15) is 5.52 Å². The number of nitrogens with one attached hydrogen (secondary N) is 1. The Bertz CT molecular complexity index is 1230. The Morgan fingerprint density at radius 3 is 2.70 bits per heavy atom. The molecule has 4 rings (SSSR count). The second-order valence-corrected chi connectivity index (χ2v) is 6.33. The average molecular weight is 361 g/mol. The van der Waals surface area contributed by atoms with E-state index in [1.54, 1.807) is 19.1 Å². The van der Waals surface area contributed by atoms with E-state index in [0.29, 0.717) is 22.4 Å². The van der Waals surface area contributed by atoms with Gasteiger partial charge in [-0.15, -0.1) is 0 Å². The summed E-state index contributed by atoms with van der Waals surface area (Å²) in [6.45, 7) is 5.48. The van der Waals surface area contributed by atoms with E-state index >= 15 is 0 Å². The lowest BCUT2D eigenvalue weighted by molar-refractivity contribution is 0.101. The monoisotopic (exact) mass is 361 g/mol. The van der Waals surface area contributed by atoms with Crippen molar-refractivity contribution in [2.45, 2.75) is 6.92 Å². The Morgan fingerprint density at radius 2 is 2.04 bits per heavy atom. The van der Waals surface area contributed by atoms with Crippen LogP contribution in [0.15, 0.2) is 47.4 Å². The van der Waals surface area contributed by atoms with E-state index < -0.39 is 0 Å². The molecule has 0 bridgehead atoms. The van der Waals surface area contributed by atoms with Crippen molar-refractivity contribution in [3.63, 3.8) is 0 Å². The summed E-state index contributed by atoms with van der Waals surface area (Å²) < 4.78 is 7.32. The van der Waals surface area contributed by atoms with Gasteiger partial charge in [0.05, 0.1) is 22.6 Å². The van der Waals surface area contributed by atoms with Crippen LogP contribution in [0.1, 0.15) is 23.0 Å². The van der Waals surface area contributed by atoms with E-state index in [1.165, 1.54) is 0 Å². The van der Waals surface area contributed by atoms with Gasteiger partial charge in [-0.2, -0.15) is 4.98 Å². The van der Waals surface area contributed by atoms with Crippen LogP contribution in [0.4, 0.5) is 11.7 Å². The summed E-state index contributed by atoms with van der Waals surface area (Å²) in [4.78, 5) is 16.1. The smallest absolute Gasteiger partial charge is 0.292 e. The summed E-state index contributed by atoms with van der Waals surface area (Å²) in [7, 11) is 1.83. The lowest BCUT2D eigenvalue weighted by Crippen LogP contribution is -2.06. The zero-order valence-electron chi connectivity index (χ0n) is 15.0. The van der Waals surface area contributed by atoms with Gasteiger partial charge in [0.2, 0.25) is 0 Å². The highest BCUT2D eigenvalue weighted by molar-refractivity contribution is 6.05. The van der Waals surface area contributed by atoms with Crippen molar-refractivity contribution in [2.75, 3.05) is 18.1 Å². The van der Waals surface area contributed by atoms with Gasteiger partial charge in [-0.05, 0) is 37.3 Å². The Labute approximate surface area is 155 Å². The van der Waals surface area contributed by atoms with Gasteiger partial charge < -0.3 is 25.8 Å². The fourth-order valence-corrected chi connectivity index (χ4v) is 3.40. The summed E-state index contributed by atoms with van der Waals surface area (Å²) >= 11 is 0. The molecule has 0 aliphatic heterocycles. The number of ketones is 1. The van der Waals surface area contributed by atoms with Crippen molar-refractivity contribution in [3.05, 3.63) is 54.2 Å². The molecule has 0 amide bonds. The number of aromatic nitrogens is 2. The van der Waals surface area contributed by atoms with Crippen molar-refractivity contribution in [1.82, 2.24) is 9.55 Å². The summed E-state index contributed by atoms with van der Waals surface area (Å²) in [5, 5.41) is 4.13. The second-order valence-electron chi connectivity index (χ2n) is 6.33. The highest BCUT2D eigenvalue weighted by Gasteiger charge is 2.20. The van der Waals surface area contributed by atoms with E-state index in [2.05, 4.69) is 16.9 Å². The number of fused-ring (bicyclic) bond motifs is 2. The van der Waals surface area contributed by atoms with Crippen molar-refractivity contribution in [2.24, 2.45) is 5.73 Å². The number of hydrogen-bond donors (Lipinski definition) is 3. The number of benzene rings is 2. The Kier molecular flexibility index (Phi) is 3.66. The molecular weight excluding hydrogens is 342 g/mol. The molecule has 0 aliphatic carbocycles. The third-order valence-electron chi connectivity index (χ3n) is 4.57. The second kappa shape index (κ2) is 5.91. The quantitative estimate of drug-likeness (QED) is 0.479. The van der Waals surface area contributed by atoms with Gasteiger partial charge in [-0.3, -0.25) is 4.79 Å². The zero-order chi connectivity index (χ0) is 19.3. The third-order valence-corrected chi connectivity index (χ3v) is 4.57. The predicted octanol–water partition coefficient (Wildman–Crippen LogP) is 3.53. The maximum Gasteiger partial charge on any atom is 0.292 e. The minimum atomic E-state index is -0.0106. The first-order chi connectivity index (χ1) is 12.9. The molecule has 0 fully saturated rings. The van der Waals surface area contributed by atoms with Gasteiger partial charge in [0.15, 0.2) is 11.4 Å². The van der Waals surface area contributed by atoms with E-state index in [4.69, 9.17) is 15.9 Å². The summed E-state index contributed by atoms with van der Waals surface area (Å²) in [6, 6.07) is 11.2. The number of hydrogen-bond acceptors (Lipinski definition) is 6. The van der Waals surface area contributed by atoms with Crippen LogP contribution in [0.3, 0.4) is 0 Å². The minimum Gasteiger partial charge on any atom is -0.424 e. The highest BCUT2D eigenvalue weighted by atomic mass is 16.4. The molecule has 7 nitrogen and oxygen atoms in total. The molecule has 2 aromatic carbocycles. The van der Waals surface area contributed by atoms with E-state index in [-0.39, 0.29) is 11.8 Å². The number of rotatable bonds is 4. The SMILES string of the molecule is C=C(N)c1c(NC)c2ccc(C(C)=O)cc2n1-c1ccc2oc(N)nc2c1. The number of nitrogens with two attached hydrogens (primary N) is 2. The molecule has 5 N–H and O–H groups in total. The van der Waals surface area contributed by atoms with Gasteiger partial charge in [-0.25, -0.2) is 0 Å². The van der Waals surface area contributed by atoms with Crippen LogP contribution >= 0.6 is 0 Å². The number of anilines is 2. The largest absolute Gasteiger partial charge is 0.424 e. The first kappa shape index (κ1) is 16.7. The zero-order valence-corrected chi connectivity index (χ0v) is 15.0. The normalized spacial score (nSPS) is 11.2. The van der Waals surface area contributed by atoms with Crippen LogP contribution < -0.4 is 16.8 Å². The summed E-state index contributed by atoms with van der Waals surface area (Å²) in [6.07, 6.45) is 0. The molecular formula is C20H19N5O2. The van der Waals surface area contributed by atoms with Crippen LogP contribution in [0.25, 0.3) is 33.4 Å². The van der Waals surface area contributed by atoms with Gasteiger partial charge >= 0.3 is 0 Å². The van der Waals surface area contributed by atoms with E-state index in [9.17, 15) is 4.79 Å². The maximum atomic E-state index is 11.9. The Balaban J connectivity index is 2.12. The lowest BCUT2D eigenvalue weighted by atomic mass is 10.1. The molecule has 27 heavy (non-hydrogen) atoms. The van der Waals surface area contributed by atoms with Crippen molar-refractivity contribution in [3.8, 4) is 5.69 Å². The van der Waals surface area contributed by atoms with Crippen LogP contribution in [-0.2, 0) is 0 Å². The number of nitrogens with zero attached hydrogens (tertiary/aromatic N) is 2. The van der Waals surface area contributed by atoms with Gasteiger partial charge in [-0.1, -0.05) is 12.6 Å². The fourth-order valence-electron chi connectivity index (χ4n) is 3.40. The highest BCUT2D eigenvalue weighted by Crippen LogP contribution is 2.37. The first-order valence-corrected chi connectivity index (χ1v) is 8.39. The van der Waals surface area contributed by atoms with Crippen LogP contribution in [0, 0.1) is 0 Å². The molecule has 0 atom stereocenters. The first-order valence-electron chi connectivity index (χ1n) is 8.39. The predicted molar refractivity (Wildman–Crippen MR) is 108 cm³/mol. The molecule has 0 saturated carbocycles. The summed E-state index contributed by atoms with van der Waals surface area (Å²) in [5.74, 6) is -0.0106. The molecule has 0 spiro atoms. The van der Waals surface area contributed by atoms with Gasteiger partial charge in [0, 0.05) is 23.7 Å². The number of carbonyl (C=O) groups excluding carboxylic acids is 1. The van der Waals surface area contributed by atoms with Crippen molar-refractivity contribution >= 4 is 45.2 Å². The standard InChI is InChI=1S/C20H19N5O2/c1-10(21)19-18(23-3)14-6-4-12(11(2)26)8-16(14)25(19)13-5-7-17-15(9-13)24-20(22)27-17/h4-9,23H,1,21H2,2-3H3,(H2,22,24). The van der Waals surface area contributed by atoms with Crippen molar-refractivity contribution < 1.29 is 9.21 Å². The molecule has 0 saturated heterocycles. The third kappa shape index (κ3) is 2.52. The number of carbonyl (C=O) groups is 1. The number of oxazole rings is 1. The Hall–Kier alpha value is -3.74. The molecule has 0 aliphatic rings. The van der Waals surface area contributed by atoms with E-state index in [1.807, 2.05) is 35.9 Å². The molecule has 0 radical (unpaired) electrons. The van der Waals surface area contributed by atoms with Crippen molar-refractivity contribution in [1.29, 1.82) is 0 Å². The molecule has 2 aromatic heterocycles. The molecule has 136 valence electrons. The summed E-state index contributed by atoms with van der Waals surface area (Å²) in [5.41, 5.74) is 17.3. The molecule has 4 aromatic rings. The van der Waals surface area contributed by atoms with Crippen LogP contribution in [-0.4, -0.2) is 22.4 Å². The van der Waals surface area contributed by atoms with Gasteiger partial charge in [0.25, 0.3) is 6.01 Å². The van der Waals surface area contributed by atoms with Crippen LogP contribution in [0.2, 0.25) is 0 Å². The average Bonchev–Trinajstić information content (AvgIpc) is 3.16. The maximum absolute atomic E-state index is 11.9. The number of Topliss-reactive ketones (excluding diaryl/α,β-unsaturated/α-hetero) is 1. The Morgan fingerprint density at radius 1 is 1.26 bits per heavy atom. The minimum absolute atomic E-state index is 0.0106. The van der Waals surface area contributed by atoms with E-state index in [0.717, 1.165) is 28.0 Å². The van der Waals surface area contributed by atoms with Crippen LogP contribution in [0.5, 0.6) is 0 Å². The topological polar surface area (TPSA) is 112 Å². The number of nitrogen functional groups attached to an aromatic ring is 1. The lowest BCUT2D eigenvalue weighted by Gasteiger charge is -2.12. The fraction of sp³-hybridized carbons (Fsp3) is 0.100. The molecule has 0 unspecified atom stereocenters. The molecule has 2 heterocycles. The molecule has 7 heteroatoms.